The van der Waals surface area contributed by atoms with Crippen molar-refractivity contribution in [2.45, 2.75) is 64.2 Å². The summed E-state index contributed by atoms with van der Waals surface area (Å²) < 4.78 is 42.5. The third kappa shape index (κ3) is 6.51. The molecule has 0 saturated carbocycles. The van der Waals surface area contributed by atoms with E-state index < -0.39 is 17.7 Å². The molecule has 2 amide bonds. The molecule has 2 aliphatic heterocycles. The number of hydrogen-bond donors (Lipinski definition) is 1. The van der Waals surface area contributed by atoms with Gasteiger partial charge in [0.25, 0.3) is 5.92 Å². The van der Waals surface area contributed by atoms with Crippen LogP contribution in [0, 0.1) is 17.7 Å². The first-order valence-electron chi connectivity index (χ1n) is 13.8. The standard InChI is InChI=1S/C30H38F3N3O2/c1-3-21(4-2)28(37)34-24-10-11-26(25(31)20-24)35-16-12-23(13-17-35)27(22-8-6-5-7-9-22)29(38)36-18-14-30(32,33)15-19-36/h5-11,20-21,23,27H,3-4,12-19H2,1-2H3,(H,34,37). The van der Waals surface area contributed by atoms with Gasteiger partial charge in [0, 0.05) is 50.6 Å². The fourth-order valence-corrected chi connectivity index (χ4v) is 5.75. The second-order valence-electron chi connectivity index (χ2n) is 10.6. The van der Waals surface area contributed by atoms with E-state index in [9.17, 15) is 18.4 Å². The quantitative estimate of drug-likeness (QED) is 0.427. The Labute approximate surface area is 223 Å². The Morgan fingerprint density at radius 1 is 0.974 bits per heavy atom. The summed E-state index contributed by atoms with van der Waals surface area (Å²) in [5.41, 5.74) is 1.82. The van der Waals surface area contributed by atoms with Gasteiger partial charge in [-0.2, -0.15) is 0 Å². The summed E-state index contributed by atoms with van der Waals surface area (Å²) in [4.78, 5) is 29.6. The number of piperidine rings is 2. The van der Waals surface area contributed by atoms with Crippen molar-refractivity contribution >= 4 is 23.2 Å². The molecule has 1 unspecified atom stereocenters. The minimum atomic E-state index is -2.71. The van der Waals surface area contributed by atoms with E-state index in [1.165, 1.54) is 6.07 Å². The molecule has 8 heteroatoms. The molecule has 0 aromatic heterocycles. The highest BCUT2D eigenvalue weighted by Gasteiger charge is 2.40. The number of rotatable bonds is 8. The summed E-state index contributed by atoms with van der Waals surface area (Å²) in [6, 6.07) is 14.4. The number of carbonyl (C=O) groups excluding carboxylic acids is 2. The Bertz CT molecular complexity index is 1090. The number of anilines is 2. The fourth-order valence-electron chi connectivity index (χ4n) is 5.75. The van der Waals surface area contributed by atoms with Crippen LogP contribution in [-0.4, -0.2) is 48.8 Å². The second-order valence-corrected chi connectivity index (χ2v) is 10.6. The van der Waals surface area contributed by atoms with Crippen molar-refractivity contribution < 1.29 is 22.8 Å². The van der Waals surface area contributed by atoms with Gasteiger partial charge in [-0.1, -0.05) is 44.2 Å². The summed E-state index contributed by atoms with van der Waals surface area (Å²) in [7, 11) is 0. The number of nitrogens with zero attached hydrogens (tertiary/aromatic N) is 2. The summed E-state index contributed by atoms with van der Waals surface area (Å²) in [6.45, 7) is 5.22. The predicted molar refractivity (Wildman–Crippen MR) is 144 cm³/mol. The van der Waals surface area contributed by atoms with Crippen molar-refractivity contribution in [1.29, 1.82) is 0 Å². The lowest BCUT2D eigenvalue weighted by Crippen LogP contribution is -2.47. The van der Waals surface area contributed by atoms with Crippen LogP contribution in [0.4, 0.5) is 24.5 Å². The lowest BCUT2D eigenvalue weighted by atomic mass is 9.78. The van der Waals surface area contributed by atoms with Crippen LogP contribution >= 0.6 is 0 Å². The maximum atomic E-state index is 15.1. The highest BCUT2D eigenvalue weighted by atomic mass is 19.3. The maximum Gasteiger partial charge on any atom is 0.251 e. The van der Waals surface area contributed by atoms with E-state index in [0.717, 1.165) is 18.4 Å². The molecule has 0 bridgehead atoms. The SMILES string of the molecule is CCC(CC)C(=O)Nc1ccc(N2CCC(C(C(=O)N3CCC(F)(F)CC3)c3ccccc3)CC2)c(F)c1. The number of amides is 2. The van der Waals surface area contributed by atoms with E-state index in [0.29, 0.717) is 37.3 Å². The van der Waals surface area contributed by atoms with Crippen LogP contribution in [0.5, 0.6) is 0 Å². The number of hydrogen-bond acceptors (Lipinski definition) is 3. The monoisotopic (exact) mass is 529 g/mol. The van der Waals surface area contributed by atoms with Crippen LogP contribution < -0.4 is 10.2 Å². The molecule has 2 heterocycles. The van der Waals surface area contributed by atoms with Gasteiger partial charge in [0.2, 0.25) is 11.8 Å². The number of benzene rings is 2. The average Bonchev–Trinajstić information content (AvgIpc) is 2.91. The van der Waals surface area contributed by atoms with E-state index in [1.54, 1.807) is 17.0 Å². The van der Waals surface area contributed by atoms with E-state index in [1.807, 2.05) is 49.1 Å². The first-order valence-corrected chi connectivity index (χ1v) is 13.8. The molecule has 1 N–H and O–H groups in total. The summed E-state index contributed by atoms with van der Waals surface area (Å²) >= 11 is 0. The second kappa shape index (κ2) is 12.2. The van der Waals surface area contributed by atoms with Crippen molar-refractivity contribution in [3.63, 3.8) is 0 Å². The van der Waals surface area contributed by atoms with Gasteiger partial charge in [-0.25, -0.2) is 13.2 Å². The number of alkyl halides is 2. The van der Waals surface area contributed by atoms with Crippen molar-refractivity contribution in [3.05, 3.63) is 59.9 Å². The van der Waals surface area contributed by atoms with Gasteiger partial charge < -0.3 is 15.1 Å². The molecular formula is C30H38F3N3O2. The minimum Gasteiger partial charge on any atom is -0.369 e. The number of halogens is 3. The van der Waals surface area contributed by atoms with Gasteiger partial charge in [-0.3, -0.25) is 9.59 Å². The third-order valence-electron chi connectivity index (χ3n) is 8.15. The Kier molecular flexibility index (Phi) is 9.00. The highest BCUT2D eigenvalue weighted by Crippen LogP contribution is 2.38. The van der Waals surface area contributed by atoms with Gasteiger partial charge in [0.05, 0.1) is 11.6 Å². The van der Waals surface area contributed by atoms with E-state index in [-0.39, 0.29) is 49.6 Å². The van der Waals surface area contributed by atoms with Crippen LogP contribution in [-0.2, 0) is 9.59 Å². The molecular weight excluding hydrogens is 491 g/mol. The minimum absolute atomic E-state index is 0.0326. The average molecular weight is 530 g/mol. The Balaban J connectivity index is 1.43. The van der Waals surface area contributed by atoms with Crippen molar-refractivity contribution in [3.8, 4) is 0 Å². The van der Waals surface area contributed by atoms with Gasteiger partial charge in [0.15, 0.2) is 0 Å². The first kappa shape index (κ1) is 28.0. The highest BCUT2D eigenvalue weighted by molar-refractivity contribution is 5.92. The zero-order valence-electron chi connectivity index (χ0n) is 22.3. The lowest BCUT2D eigenvalue weighted by molar-refractivity contribution is -0.140. The van der Waals surface area contributed by atoms with Gasteiger partial charge in [-0.05, 0) is 55.4 Å². The maximum absolute atomic E-state index is 15.1. The molecule has 38 heavy (non-hydrogen) atoms. The Morgan fingerprint density at radius 2 is 1.61 bits per heavy atom. The lowest BCUT2D eigenvalue weighted by Gasteiger charge is -2.40. The van der Waals surface area contributed by atoms with Gasteiger partial charge >= 0.3 is 0 Å². The normalized spacial score (nSPS) is 18.9. The molecule has 0 aliphatic carbocycles. The molecule has 4 rings (SSSR count). The van der Waals surface area contributed by atoms with Crippen LogP contribution in [0.25, 0.3) is 0 Å². The molecule has 2 aromatic rings. The largest absolute Gasteiger partial charge is 0.369 e. The van der Waals surface area contributed by atoms with E-state index in [4.69, 9.17) is 0 Å². The summed E-state index contributed by atoms with van der Waals surface area (Å²) in [5.74, 6) is -3.76. The Hall–Kier alpha value is -3.03. The molecule has 0 radical (unpaired) electrons. The number of carbonyl (C=O) groups is 2. The van der Waals surface area contributed by atoms with Crippen LogP contribution in [0.1, 0.15) is 63.9 Å². The van der Waals surface area contributed by atoms with Crippen molar-refractivity contribution in [1.82, 2.24) is 4.90 Å². The zero-order chi connectivity index (χ0) is 27.3. The number of nitrogens with one attached hydrogen (secondary N) is 1. The summed E-state index contributed by atoms with van der Waals surface area (Å²) in [5, 5.41) is 2.82. The molecule has 2 fully saturated rings. The number of likely N-dealkylation sites (tertiary alicyclic amines) is 1. The smallest absolute Gasteiger partial charge is 0.251 e. The van der Waals surface area contributed by atoms with Crippen molar-refractivity contribution in [2.24, 2.45) is 11.8 Å². The predicted octanol–water partition coefficient (Wildman–Crippen LogP) is 6.46. The summed E-state index contributed by atoms with van der Waals surface area (Å²) in [6.07, 6.45) is 2.23. The first-order chi connectivity index (χ1) is 18.2. The molecule has 0 spiro atoms. The molecule has 2 aliphatic rings. The van der Waals surface area contributed by atoms with Crippen LogP contribution in [0.15, 0.2) is 48.5 Å². The van der Waals surface area contributed by atoms with Gasteiger partial charge in [0.1, 0.15) is 5.82 Å². The zero-order valence-corrected chi connectivity index (χ0v) is 22.3. The molecule has 2 saturated heterocycles. The van der Waals surface area contributed by atoms with E-state index >= 15 is 4.39 Å². The Morgan fingerprint density at radius 3 is 2.18 bits per heavy atom. The molecule has 5 nitrogen and oxygen atoms in total. The van der Waals surface area contributed by atoms with Crippen LogP contribution in [0.2, 0.25) is 0 Å². The molecule has 206 valence electrons. The van der Waals surface area contributed by atoms with Gasteiger partial charge in [-0.15, -0.1) is 0 Å². The third-order valence-corrected chi connectivity index (χ3v) is 8.15. The topological polar surface area (TPSA) is 52.7 Å². The molecule has 1 atom stereocenters. The van der Waals surface area contributed by atoms with Crippen molar-refractivity contribution in [2.75, 3.05) is 36.4 Å². The molecule has 2 aromatic carbocycles. The van der Waals surface area contributed by atoms with E-state index in [2.05, 4.69) is 5.32 Å². The fraction of sp³-hybridized carbons (Fsp3) is 0.533. The van der Waals surface area contributed by atoms with Crippen LogP contribution in [0.3, 0.4) is 0 Å².